The van der Waals surface area contributed by atoms with Crippen LogP contribution in [0.1, 0.15) is 19.4 Å². The number of hydrogen-bond acceptors (Lipinski definition) is 3. The number of amides is 1. The number of rotatable bonds is 5. The standard InChI is InChI=1S/C12H17BrN2O2/c1-8(2)15-12(17)7-14-6-9-3-4-11(16)10(13)5-9/h3-5,8,14,16H,6-7H2,1-2H3,(H,15,17). The summed E-state index contributed by atoms with van der Waals surface area (Å²) in [5.74, 6) is 0.198. The molecule has 4 nitrogen and oxygen atoms in total. The van der Waals surface area contributed by atoms with Gasteiger partial charge in [0.1, 0.15) is 5.75 Å². The van der Waals surface area contributed by atoms with Crippen LogP contribution in [0.4, 0.5) is 0 Å². The van der Waals surface area contributed by atoms with Crippen LogP contribution in [0.15, 0.2) is 22.7 Å². The van der Waals surface area contributed by atoms with E-state index in [0.717, 1.165) is 5.56 Å². The molecule has 0 saturated carbocycles. The van der Waals surface area contributed by atoms with Gasteiger partial charge in [0.25, 0.3) is 0 Å². The molecule has 0 fully saturated rings. The van der Waals surface area contributed by atoms with E-state index < -0.39 is 0 Å². The first-order chi connectivity index (χ1) is 7.99. The van der Waals surface area contributed by atoms with Gasteiger partial charge in [-0.05, 0) is 47.5 Å². The molecular weight excluding hydrogens is 284 g/mol. The van der Waals surface area contributed by atoms with Crippen LogP contribution in [0.2, 0.25) is 0 Å². The smallest absolute Gasteiger partial charge is 0.234 e. The summed E-state index contributed by atoms with van der Waals surface area (Å²) < 4.78 is 0.656. The van der Waals surface area contributed by atoms with Crippen LogP contribution in [0, 0.1) is 0 Å². The Morgan fingerprint density at radius 3 is 2.76 bits per heavy atom. The van der Waals surface area contributed by atoms with Crippen molar-refractivity contribution < 1.29 is 9.90 Å². The average Bonchev–Trinajstić information content (AvgIpc) is 2.22. The molecule has 0 aliphatic carbocycles. The summed E-state index contributed by atoms with van der Waals surface area (Å²) in [6.07, 6.45) is 0. The fourth-order valence-electron chi connectivity index (χ4n) is 1.35. The Morgan fingerprint density at radius 1 is 1.47 bits per heavy atom. The highest BCUT2D eigenvalue weighted by Crippen LogP contribution is 2.23. The molecular formula is C12H17BrN2O2. The Bertz CT molecular complexity index is 394. The molecule has 0 aliphatic heterocycles. The van der Waals surface area contributed by atoms with Gasteiger partial charge in [-0.2, -0.15) is 0 Å². The van der Waals surface area contributed by atoms with E-state index >= 15 is 0 Å². The lowest BCUT2D eigenvalue weighted by Crippen LogP contribution is -2.37. The molecule has 0 aromatic heterocycles. The summed E-state index contributed by atoms with van der Waals surface area (Å²) in [5, 5.41) is 15.2. The Labute approximate surface area is 110 Å². The van der Waals surface area contributed by atoms with Gasteiger partial charge in [-0.15, -0.1) is 0 Å². The molecule has 3 N–H and O–H groups in total. The van der Waals surface area contributed by atoms with Gasteiger partial charge in [0.15, 0.2) is 0 Å². The number of phenols is 1. The van der Waals surface area contributed by atoms with Crippen LogP contribution >= 0.6 is 15.9 Å². The van der Waals surface area contributed by atoms with Crippen molar-refractivity contribution in [2.75, 3.05) is 6.54 Å². The summed E-state index contributed by atoms with van der Waals surface area (Å²) in [5.41, 5.74) is 1.01. The van der Waals surface area contributed by atoms with Gasteiger partial charge in [0, 0.05) is 12.6 Å². The zero-order valence-electron chi connectivity index (χ0n) is 9.96. The monoisotopic (exact) mass is 300 g/mol. The molecule has 1 aromatic rings. The largest absolute Gasteiger partial charge is 0.507 e. The predicted octanol–water partition coefficient (Wildman–Crippen LogP) is 1.77. The van der Waals surface area contributed by atoms with Crippen molar-refractivity contribution in [1.82, 2.24) is 10.6 Å². The van der Waals surface area contributed by atoms with E-state index in [0.29, 0.717) is 11.0 Å². The minimum Gasteiger partial charge on any atom is -0.507 e. The molecule has 5 heteroatoms. The highest BCUT2D eigenvalue weighted by molar-refractivity contribution is 9.10. The lowest BCUT2D eigenvalue weighted by atomic mass is 10.2. The maximum atomic E-state index is 11.3. The van der Waals surface area contributed by atoms with Gasteiger partial charge < -0.3 is 15.7 Å². The van der Waals surface area contributed by atoms with Crippen LogP contribution in [0.3, 0.4) is 0 Å². The molecule has 0 spiro atoms. The summed E-state index contributed by atoms with van der Waals surface area (Å²) >= 11 is 3.24. The summed E-state index contributed by atoms with van der Waals surface area (Å²) in [4.78, 5) is 11.3. The second-order valence-electron chi connectivity index (χ2n) is 4.11. The number of aromatic hydroxyl groups is 1. The van der Waals surface area contributed by atoms with Gasteiger partial charge in [0.05, 0.1) is 11.0 Å². The Kier molecular flexibility index (Phi) is 5.44. The topological polar surface area (TPSA) is 61.4 Å². The molecule has 0 atom stereocenters. The lowest BCUT2D eigenvalue weighted by Gasteiger charge is -2.09. The minimum absolute atomic E-state index is 0.0159. The molecule has 94 valence electrons. The Hall–Kier alpha value is -1.07. The second kappa shape index (κ2) is 6.61. The van der Waals surface area contributed by atoms with E-state index in [4.69, 9.17) is 0 Å². The molecule has 0 bridgehead atoms. The summed E-state index contributed by atoms with van der Waals surface area (Å²) in [6, 6.07) is 5.41. The number of phenolic OH excluding ortho intramolecular Hbond substituents is 1. The van der Waals surface area contributed by atoms with Crippen molar-refractivity contribution in [2.24, 2.45) is 0 Å². The normalized spacial score (nSPS) is 10.6. The van der Waals surface area contributed by atoms with E-state index in [2.05, 4.69) is 26.6 Å². The molecule has 0 heterocycles. The Morgan fingerprint density at radius 2 is 2.18 bits per heavy atom. The van der Waals surface area contributed by atoms with Crippen LogP contribution in [-0.2, 0) is 11.3 Å². The van der Waals surface area contributed by atoms with Gasteiger partial charge >= 0.3 is 0 Å². The molecule has 0 saturated heterocycles. The first-order valence-electron chi connectivity index (χ1n) is 5.46. The first kappa shape index (κ1) is 14.0. The van der Waals surface area contributed by atoms with Crippen molar-refractivity contribution in [3.8, 4) is 5.75 Å². The minimum atomic E-state index is -0.0159. The van der Waals surface area contributed by atoms with E-state index in [1.54, 1.807) is 6.07 Å². The van der Waals surface area contributed by atoms with Crippen LogP contribution in [0.5, 0.6) is 5.75 Å². The average molecular weight is 301 g/mol. The molecule has 1 aromatic carbocycles. The van der Waals surface area contributed by atoms with Gasteiger partial charge in [0.2, 0.25) is 5.91 Å². The van der Waals surface area contributed by atoms with Crippen molar-refractivity contribution >= 4 is 21.8 Å². The fourth-order valence-corrected chi connectivity index (χ4v) is 1.78. The predicted molar refractivity (Wildman–Crippen MR) is 70.8 cm³/mol. The number of nitrogens with one attached hydrogen (secondary N) is 2. The number of benzene rings is 1. The quantitative estimate of drug-likeness (QED) is 0.777. The van der Waals surface area contributed by atoms with Crippen molar-refractivity contribution in [3.05, 3.63) is 28.2 Å². The third kappa shape index (κ3) is 5.19. The van der Waals surface area contributed by atoms with E-state index in [9.17, 15) is 9.90 Å². The van der Waals surface area contributed by atoms with Gasteiger partial charge in [-0.25, -0.2) is 0 Å². The van der Waals surface area contributed by atoms with E-state index in [-0.39, 0.29) is 24.2 Å². The van der Waals surface area contributed by atoms with Crippen LogP contribution in [-0.4, -0.2) is 23.6 Å². The van der Waals surface area contributed by atoms with Crippen molar-refractivity contribution in [1.29, 1.82) is 0 Å². The Balaban J connectivity index is 2.36. The lowest BCUT2D eigenvalue weighted by molar-refractivity contribution is -0.120. The van der Waals surface area contributed by atoms with E-state index in [1.165, 1.54) is 0 Å². The molecule has 1 rings (SSSR count). The zero-order chi connectivity index (χ0) is 12.8. The number of hydrogen-bond donors (Lipinski definition) is 3. The zero-order valence-corrected chi connectivity index (χ0v) is 11.5. The van der Waals surface area contributed by atoms with Gasteiger partial charge in [-0.3, -0.25) is 4.79 Å². The van der Waals surface area contributed by atoms with Crippen molar-refractivity contribution in [2.45, 2.75) is 26.4 Å². The molecule has 0 radical (unpaired) electrons. The third-order valence-corrected chi connectivity index (χ3v) is 2.71. The molecule has 0 unspecified atom stereocenters. The molecule has 0 aliphatic rings. The first-order valence-corrected chi connectivity index (χ1v) is 6.26. The maximum absolute atomic E-state index is 11.3. The third-order valence-electron chi connectivity index (χ3n) is 2.08. The van der Waals surface area contributed by atoms with Crippen LogP contribution < -0.4 is 10.6 Å². The fraction of sp³-hybridized carbons (Fsp3) is 0.417. The molecule has 1 amide bonds. The number of carbonyl (C=O) groups excluding carboxylic acids is 1. The number of carbonyl (C=O) groups is 1. The molecule has 17 heavy (non-hydrogen) atoms. The van der Waals surface area contributed by atoms with Crippen LogP contribution in [0.25, 0.3) is 0 Å². The number of halogens is 1. The van der Waals surface area contributed by atoms with E-state index in [1.807, 2.05) is 26.0 Å². The second-order valence-corrected chi connectivity index (χ2v) is 4.97. The highest BCUT2D eigenvalue weighted by atomic mass is 79.9. The van der Waals surface area contributed by atoms with Crippen molar-refractivity contribution in [3.63, 3.8) is 0 Å². The maximum Gasteiger partial charge on any atom is 0.234 e. The summed E-state index contributed by atoms with van der Waals surface area (Å²) in [6.45, 7) is 4.73. The SMILES string of the molecule is CC(C)NC(=O)CNCc1ccc(O)c(Br)c1. The highest BCUT2D eigenvalue weighted by Gasteiger charge is 2.03. The summed E-state index contributed by atoms with van der Waals surface area (Å²) in [7, 11) is 0. The van der Waals surface area contributed by atoms with Gasteiger partial charge in [-0.1, -0.05) is 6.07 Å².